The van der Waals surface area contributed by atoms with E-state index in [0.717, 1.165) is 27.6 Å². The van der Waals surface area contributed by atoms with Crippen LogP contribution in [0.15, 0.2) is 46.2 Å². The van der Waals surface area contributed by atoms with E-state index < -0.39 is 0 Å². The zero-order valence-corrected chi connectivity index (χ0v) is 13.2. The van der Waals surface area contributed by atoms with Crippen molar-refractivity contribution in [3.05, 3.63) is 47.5 Å². The van der Waals surface area contributed by atoms with Crippen molar-refractivity contribution >= 4 is 35.0 Å². The van der Waals surface area contributed by atoms with Gasteiger partial charge in [-0.3, -0.25) is 9.59 Å². The average Bonchev–Trinajstić information content (AvgIpc) is 2.43. The van der Waals surface area contributed by atoms with Gasteiger partial charge in [0.15, 0.2) is 0 Å². The SMILES string of the molecule is CC(=O)Nc1ccc2c(c1)Sc1cc(NC(C)=O)ccc1C2. The summed E-state index contributed by atoms with van der Waals surface area (Å²) in [5.41, 5.74) is 4.11. The first-order chi connectivity index (χ1) is 10.5. The molecule has 0 atom stereocenters. The van der Waals surface area contributed by atoms with Gasteiger partial charge in [0, 0.05) is 35.0 Å². The molecule has 0 bridgehead atoms. The van der Waals surface area contributed by atoms with Crippen LogP contribution in [0.3, 0.4) is 0 Å². The molecule has 2 N–H and O–H groups in total. The molecule has 1 aliphatic heterocycles. The minimum absolute atomic E-state index is 0.0749. The molecule has 22 heavy (non-hydrogen) atoms. The van der Waals surface area contributed by atoms with Crippen LogP contribution in [0.25, 0.3) is 0 Å². The molecule has 1 aliphatic rings. The van der Waals surface area contributed by atoms with E-state index in [0.29, 0.717) is 0 Å². The molecule has 3 rings (SSSR count). The molecule has 0 saturated carbocycles. The van der Waals surface area contributed by atoms with Gasteiger partial charge in [-0.15, -0.1) is 0 Å². The fourth-order valence-corrected chi connectivity index (χ4v) is 3.63. The second-order valence-electron chi connectivity index (χ2n) is 5.29. The summed E-state index contributed by atoms with van der Waals surface area (Å²) in [7, 11) is 0. The minimum Gasteiger partial charge on any atom is -0.326 e. The Hall–Kier alpha value is -2.27. The molecule has 2 amide bonds. The molecule has 1 heterocycles. The van der Waals surface area contributed by atoms with Gasteiger partial charge in [-0.1, -0.05) is 23.9 Å². The molecular formula is C17H16N2O2S. The number of carbonyl (C=O) groups is 2. The number of nitrogens with one attached hydrogen (secondary N) is 2. The Morgan fingerprint density at radius 3 is 1.73 bits per heavy atom. The largest absolute Gasteiger partial charge is 0.326 e. The predicted molar refractivity (Wildman–Crippen MR) is 88.4 cm³/mol. The van der Waals surface area contributed by atoms with E-state index in [1.807, 2.05) is 24.3 Å². The van der Waals surface area contributed by atoms with Crippen LogP contribution in [-0.4, -0.2) is 11.8 Å². The lowest BCUT2D eigenvalue weighted by Gasteiger charge is -2.20. The van der Waals surface area contributed by atoms with E-state index in [4.69, 9.17) is 0 Å². The summed E-state index contributed by atoms with van der Waals surface area (Å²) in [6.45, 7) is 3.00. The molecule has 112 valence electrons. The van der Waals surface area contributed by atoms with Crippen molar-refractivity contribution < 1.29 is 9.59 Å². The second-order valence-corrected chi connectivity index (χ2v) is 6.37. The van der Waals surface area contributed by atoms with Crippen LogP contribution in [0.4, 0.5) is 11.4 Å². The van der Waals surface area contributed by atoms with Crippen molar-refractivity contribution in [2.24, 2.45) is 0 Å². The smallest absolute Gasteiger partial charge is 0.221 e. The first-order valence-corrected chi connectivity index (χ1v) is 7.82. The Labute approximate surface area is 133 Å². The van der Waals surface area contributed by atoms with Gasteiger partial charge in [0.2, 0.25) is 11.8 Å². The highest BCUT2D eigenvalue weighted by molar-refractivity contribution is 7.99. The van der Waals surface area contributed by atoms with Gasteiger partial charge in [-0.25, -0.2) is 0 Å². The predicted octanol–water partition coefficient (Wildman–Crippen LogP) is 3.66. The molecule has 2 aromatic carbocycles. The summed E-state index contributed by atoms with van der Waals surface area (Å²) in [6.07, 6.45) is 0.859. The monoisotopic (exact) mass is 312 g/mol. The number of rotatable bonds is 2. The van der Waals surface area contributed by atoms with Crippen LogP contribution < -0.4 is 10.6 Å². The molecule has 0 fully saturated rings. The third-order valence-electron chi connectivity index (χ3n) is 3.38. The van der Waals surface area contributed by atoms with Crippen LogP contribution in [-0.2, 0) is 16.0 Å². The van der Waals surface area contributed by atoms with Crippen molar-refractivity contribution in [2.45, 2.75) is 30.1 Å². The number of anilines is 2. The van der Waals surface area contributed by atoms with Crippen molar-refractivity contribution in [3.8, 4) is 0 Å². The van der Waals surface area contributed by atoms with Crippen LogP contribution >= 0.6 is 11.8 Å². The van der Waals surface area contributed by atoms with Crippen molar-refractivity contribution in [3.63, 3.8) is 0 Å². The van der Waals surface area contributed by atoms with Gasteiger partial charge < -0.3 is 10.6 Å². The lowest BCUT2D eigenvalue weighted by atomic mass is 10.0. The molecule has 4 nitrogen and oxygen atoms in total. The highest BCUT2D eigenvalue weighted by Crippen LogP contribution is 2.41. The number of hydrogen-bond donors (Lipinski definition) is 2. The van der Waals surface area contributed by atoms with Gasteiger partial charge in [0.05, 0.1) is 0 Å². The zero-order chi connectivity index (χ0) is 15.7. The van der Waals surface area contributed by atoms with Gasteiger partial charge in [0.1, 0.15) is 0 Å². The maximum Gasteiger partial charge on any atom is 0.221 e. The zero-order valence-electron chi connectivity index (χ0n) is 12.4. The second kappa shape index (κ2) is 5.85. The van der Waals surface area contributed by atoms with E-state index in [2.05, 4.69) is 22.8 Å². The molecule has 0 radical (unpaired) electrons. The van der Waals surface area contributed by atoms with E-state index in [1.54, 1.807) is 11.8 Å². The van der Waals surface area contributed by atoms with E-state index >= 15 is 0 Å². The van der Waals surface area contributed by atoms with E-state index in [9.17, 15) is 9.59 Å². The number of hydrogen-bond acceptors (Lipinski definition) is 3. The Bertz CT molecular complexity index is 708. The molecule has 5 heteroatoms. The van der Waals surface area contributed by atoms with Gasteiger partial charge in [0.25, 0.3) is 0 Å². The van der Waals surface area contributed by atoms with Gasteiger partial charge in [-0.05, 0) is 41.8 Å². The maximum absolute atomic E-state index is 11.2. The first-order valence-electron chi connectivity index (χ1n) is 7.00. The highest BCUT2D eigenvalue weighted by Gasteiger charge is 2.17. The summed E-state index contributed by atoms with van der Waals surface area (Å²) < 4.78 is 0. The summed E-state index contributed by atoms with van der Waals surface area (Å²) in [5.74, 6) is -0.150. The fourth-order valence-electron chi connectivity index (χ4n) is 2.48. The summed E-state index contributed by atoms with van der Waals surface area (Å²) >= 11 is 1.66. The third-order valence-corrected chi connectivity index (χ3v) is 4.58. The highest BCUT2D eigenvalue weighted by atomic mass is 32.2. The normalized spacial score (nSPS) is 12.1. The standard InChI is InChI=1S/C17H16N2O2S/c1-10(20)18-14-5-3-12-7-13-4-6-15(19-11(2)21)9-17(13)22-16(12)8-14/h3-6,8-9H,7H2,1-2H3,(H,18,20)(H,19,21). The minimum atomic E-state index is -0.0749. The lowest BCUT2D eigenvalue weighted by molar-refractivity contribution is -0.115. The Morgan fingerprint density at radius 2 is 1.32 bits per heavy atom. The van der Waals surface area contributed by atoms with Crippen molar-refractivity contribution in [1.82, 2.24) is 0 Å². The summed E-state index contributed by atoms with van der Waals surface area (Å²) in [5, 5.41) is 5.61. The number of carbonyl (C=O) groups excluding carboxylic acids is 2. The Kier molecular flexibility index (Phi) is 3.90. The molecule has 2 aromatic rings. The molecule has 0 aromatic heterocycles. The topological polar surface area (TPSA) is 58.2 Å². The lowest BCUT2D eigenvalue weighted by Crippen LogP contribution is -2.08. The Morgan fingerprint density at radius 1 is 0.864 bits per heavy atom. The van der Waals surface area contributed by atoms with Crippen LogP contribution in [0.1, 0.15) is 25.0 Å². The number of amides is 2. The molecular weight excluding hydrogens is 296 g/mol. The van der Waals surface area contributed by atoms with E-state index in [1.165, 1.54) is 25.0 Å². The number of fused-ring (bicyclic) bond motifs is 2. The van der Waals surface area contributed by atoms with Crippen LogP contribution in [0, 0.1) is 0 Å². The van der Waals surface area contributed by atoms with Crippen LogP contribution in [0.2, 0.25) is 0 Å². The molecule has 0 unspecified atom stereocenters. The van der Waals surface area contributed by atoms with Crippen molar-refractivity contribution in [1.29, 1.82) is 0 Å². The number of benzene rings is 2. The molecule has 0 aliphatic carbocycles. The fraction of sp³-hybridized carbons (Fsp3) is 0.176. The van der Waals surface area contributed by atoms with Crippen LogP contribution in [0.5, 0.6) is 0 Å². The quantitative estimate of drug-likeness (QED) is 0.759. The molecule has 0 spiro atoms. The first kappa shape index (κ1) is 14.7. The molecule has 0 saturated heterocycles. The maximum atomic E-state index is 11.2. The Balaban J connectivity index is 1.89. The third kappa shape index (κ3) is 3.14. The van der Waals surface area contributed by atoms with Gasteiger partial charge >= 0.3 is 0 Å². The summed E-state index contributed by atoms with van der Waals surface area (Å²) in [6, 6.07) is 12.0. The van der Waals surface area contributed by atoms with Crippen molar-refractivity contribution in [2.75, 3.05) is 10.6 Å². The summed E-state index contributed by atoms with van der Waals surface area (Å²) in [4.78, 5) is 24.6. The van der Waals surface area contributed by atoms with E-state index in [-0.39, 0.29) is 11.8 Å². The average molecular weight is 312 g/mol. The van der Waals surface area contributed by atoms with Gasteiger partial charge in [-0.2, -0.15) is 0 Å².